The van der Waals surface area contributed by atoms with Gasteiger partial charge in [-0.15, -0.1) is 6.58 Å². The third-order valence-corrected chi connectivity index (χ3v) is 2.31. The van der Waals surface area contributed by atoms with Gasteiger partial charge in [-0.2, -0.15) is 0 Å². The van der Waals surface area contributed by atoms with Crippen molar-refractivity contribution in [1.82, 2.24) is 0 Å². The molecule has 0 heterocycles. The molecule has 2 nitrogen and oxygen atoms in total. The predicted octanol–water partition coefficient (Wildman–Crippen LogP) is -0.600. The molecule has 0 aromatic carbocycles. The van der Waals surface area contributed by atoms with Gasteiger partial charge in [-0.1, -0.05) is 0 Å². The highest BCUT2D eigenvalue weighted by Crippen LogP contribution is 1.80. The van der Waals surface area contributed by atoms with Crippen LogP contribution in [0.4, 0.5) is 0 Å². The van der Waals surface area contributed by atoms with Gasteiger partial charge in [-0.05, 0) is 5.70 Å². The summed E-state index contributed by atoms with van der Waals surface area (Å²) in [5, 5.41) is 0. The molecule has 7 heavy (non-hydrogen) atoms. The number of hydrogen-bond donors (Lipinski definition) is 0. The predicted molar refractivity (Wildman–Crippen MR) is 29.6 cm³/mol. The Balaban J connectivity index is 3.16. The van der Waals surface area contributed by atoms with Crippen LogP contribution in [-0.2, 0) is 8.23 Å². The van der Waals surface area contributed by atoms with Gasteiger partial charge in [0.1, 0.15) is 0 Å². The molecule has 0 amide bonds. The first kappa shape index (κ1) is 7.31. The third kappa shape index (κ3) is 2.94. The summed E-state index contributed by atoms with van der Waals surface area (Å²) < 4.78 is 9.13. The van der Waals surface area contributed by atoms with Crippen LogP contribution in [0.2, 0.25) is 0 Å². The molecule has 0 saturated heterocycles. The summed E-state index contributed by atoms with van der Waals surface area (Å²) in [6, 6.07) is 0. The van der Waals surface area contributed by atoms with E-state index in [-0.39, 0.29) is 0 Å². The molecule has 7 radical (unpaired) electrons. The number of rotatable bonds is 3. The maximum atomic E-state index is 4.57. The summed E-state index contributed by atoms with van der Waals surface area (Å²) in [5.41, 5.74) is 1.59. The Morgan fingerprint density at radius 2 is 1.86 bits per heavy atom. The molecule has 0 saturated carbocycles. The Kier molecular flexibility index (Phi) is 4.67. The average Bonchev–Trinajstić information content (AvgIpc) is 1.72. The molecule has 0 aromatic rings. The smallest absolute Gasteiger partial charge is 0.392 e. The van der Waals surface area contributed by atoms with Crippen molar-refractivity contribution in [3.05, 3.63) is 12.3 Å². The zero-order valence-corrected chi connectivity index (χ0v) is 6.60. The average molecular weight is 143 g/mol. The Morgan fingerprint density at radius 1 is 1.43 bits per heavy atom. The lowest BCUT2D eigenvalue weighted by Gasteiger charge is -2.00. The highest BCUT2D eigenvalue weighted by atomic mass is 28.4. The van der Waals surface area contributed by atoms with Crippen molar-refractivity contribution in [3.63, 3.8) is 0 Å². The minimum Gasteiger partial charge on any atom is -0.433 e. The van der Waals surface area contributed by atoms with Crippen LogP contribution in [0, 0.1) is 0 Å². The molecule has 0 aliphatic carbocycles. The standard InChI is InChI=1S/C2H3O2Si3/c1-2-7(3-5)4-6/h2H,1H2. The largest absolute Gasteiger partial charge is 0.433 e. The van der Waals surface area contributed by atoms with E-state index >= 15 is 0 Å². The first-order valence-electron chi connectivity index (χ1n) is 1.51. The fourth-order valence-electron chi connectivity index (χ4n) is 0.104. The fraction of sp³-hybridized carbons (Fsp3) is 0. The molecule has 0 aliphatic heterocycles. The Hall–Kier alpha value is 0.311. The van der Waals surface area contributed by atoms with Crippen LogP contribution in [0.5, 0.6) is 0 Å². The molecule has 35 valence electrons. The van der Waals surface area contributed by atoms with Crippen molar-refractivity contribution in [3.8, 4) is 0 Å². The van der Waals surface area contributed by atoms with E-state index in [1.54, 1.807) is 5.70 Å². The Morgan fingerprint density at radius 3 is 1.86 bits per heavy atom. The Bertz CT molecular complexity index is 52.9. The van der Waals surface area contributed by atoms with E-state index in [0.717, 1.165) is 0 Å². The van der Waals surface area contributed by atoms with Crippen molar-refractivity contribution >= 4 is 30.3 Å². The normalized spacial score (nSPS) is 9.57. The minimum absolute atomic E-state index is 1.27. The third-order valence-electron chi connectivity index (χ3n) is 0.368. The second kappa shape index (κ2) is 4.47. The minimum atomic E-state index is -1.27. The molecule has 0 N–H and O–H groups in total. The van der Waals surface area contributed by atoms with Crippen LogP contribution in [-0.4, -0.2) is 30.3 Å². The first-order chi connectivity index (χ1) is 3.35. The van der Waals surface area contributed by atoms with E-state index < -0.39 is 9.28 Å². The quantitative estimate of drug-likeness (QED) is 0.491. The van der Waals surface area contributed by atoms with E-state index in [1.165, 1.54) is 0 Å². The van der Waals surface area contributed by atoms with Crippen molar-refractivity contribution in [2.45, 2.75) is 0 Å². The molecular formula is C2H3O2Si3. The van der Waals surface area contributed by atoms with Crippen LogP contribution in [0.3, 0.4) is 0 Å². The van der Waals surface area contributed by atoms with E-state index in [9.17, 15) is 0 Å². The molecule has 0 atom stereocenters. The van der Waals surface area contributed by atoms with Crippen LogP contribution < -0.4 is 0 Å². The van der Waals surface area contributed by atoms with Gasteiger partial charge in [0.25, 0.3) is 0 Å². The van der Waals surface area contributed by atoms with Crippen LogP contribution >= 0.6 is 0 Å². The molecule has 0 rings (SSSR count). The van der Waals surface area contributed by atoms with Gasteiger partial charge in [0, 0.05) is 0 Å². The molecule has 5 heteroatoms. The zero-order valence-electron chi connectivity index (χ0n) is 3.60. The monoisotopic (exact) mass is 143 g/mol. The number of hydrogen-bond acceptors (Lipinski definition) is 2. The lowest BCUT2D eigenvalue weighted by molar-refractivity contribution is 0.489. The van der Waals surface area contributed by atoms with Crippen molar-refractivity contribution in [2.75, 3.05) is 0 Å². The molecule has 0 bridgehead atoms. The van der Waals surface area contributed by atoms with Gasteiger partial charge in [-0.25, -0.2) is 0 Å². The molecule has 0 aliphatic rings. The summed E-state index contributed by atoms with van der Waals surface area (Å²) in [6.45, 7) is 3.44. The highest BCUT2D eigenvalue weighted by molar-refractivity contribution is 6.57. The van der Waals surface area contributed by atoms with E-state index in [2.05, 4.69) is 35.8 Å². The molecule has 0 spiro atoms. The molecular weight excluding hydrogens is 140 g/mol. The van der Waals surface area contributed by atoms with Gasteiger partial charge in [-0.3, -0.25) is 0 Å². The van der Waals surface area contributed by atoms with Crippen molar-refractivity contribution in [2.24, 2.45) is 0 Å². The second-order valence-corrected chi connectivity index (χ2v) is 3.41. The summed E-state index contributed by atoms with van der Waals surface area (Å²) >= 11 is 0. The summed E-state index contributed by atoms with van der Waals surface area (Å²) in [6.07, 6.45) is 0. The van der Waals surface area contributed by atoms with E-state index in [4.69, 9.17) is 0 Å². The maximum absolute atomic E-state index is 4.57. The maximum Gasteiger partial charge on any atom is 0.392 e. The summed E-state index contributed by atoms with van der Waals surface area (Å²) in [7, 11) is 4.32. The molecule has 0 unspecified atom stereocenters. The second-order valence-electron chi connectivity index (χ2n) is 0.727. The van der Waals surface area contributed by atoms with Crippen LogP contribution in [0.1, 0.15) is 0 Å². The van der Waals surface area contributed by atoms with Crippen molar-refractivity contribution < 1.29 is 8.23 Å². The summed E-state index contributed by atoms with van der Waals surface area (Å²) in [5.74, 6) is 0. The van der Waals surface area contributed by atoms with Crippen LogP contribution in [0.25, 0.3) is 0 Å². The van der Waals surface area contributed by atoms with Gasteiger partial charge in [0.15, 0.2) is 0 Å². The Labute approximate surface area is 51.5 Å². The van der Waals surface area contributed by atoms with Gasteiger partial charge >= 0.3 is 9.28 Å². The van der Waals surface area contributed by atoms with Crippen LogP contribution in [0.15, 0.2) is 12.3 Å². The van der Waals surface area contributed by atoms with E-state index in [1.807, 2.05) is 0 Å². The van der Waals surface area contributed by atoms with Gasteiger partial charge in [0.2, 0.25) is 21.0 Å². The summed E-state index contributed by atoms with van der Waals surface area (Å²) in [4.78, 5) is 0. The van der Waals surface area contributed by atoms with E-state index in [0.29, 0.717) is 0 Å². The zero-order chi connectivity index (χ0) is 5.70. The topological polar surface area (TPSA) is 18.5 Å². The van der Waals surface area contributed by atoms with Gasteiger partial charge < -0.3 is 8.23 Å². The first-order valence-corrected chi connectivity index (χ1v) is 3.72. The fourth-order valence-corrected chi connectivity index (χ4v) is 1.31. The van der Waals surface area contributed by atoms with Crippen molar-refractivity contribution in [1.29, 1.82) is 0 Å². The SMILES string of the molecule is C=C[Si](O[Si])O[Si]. The molecule has 0 fully saturated rings. The molecule has 0 aromatic heterocycles. The lowest BCUT2D eigenvalue weighted by Crippen LogP contribution is -2.16. The highest BCUT2D eigenvalue weighted by Gasteiger charge is 2.01. The van der Waals surface area contributed by atoms with Gasteiger partial charge in [0.05, 0.1) is 0 Å². The lowest BCUT2D eigenvalue weighted by atomic mass is 11.3.